The molecule has 0 radical (unpaired) electrons. The van der Waals surface area contributed by atoms with Crippen molar-refractivity contribution < 1.29 is 4.74 Å². The second-order valence-electron chi connectivity index (χ2n) is 9.17. The Labute approximate surface area is 208 Å². The molecule has 0 N–H and O–H groups in total. The van der Waals surface area contributed by atoms with E-state index < -0.39 is 0 Å². The lowest BCUT2D eigenvalue weighted by Crippen LogP contribution is -2.27. The molecule has 0 aliphatic heterocycles. The summed E-state index contributed by atoms with van der Waals surface area (Å²) in [6, 6.07) is 22.2. The number of rotatable bonds is 12. The molecule has 4 rings (SSSR count). The number of aromatic nitrogens is 2. The molecule has 0 aliphatic carbocycles. The third kappa shape index (κ3) is 7.03. The van der Waals surface area contributed by atoms with E-state index in [0.717, 1.165) is 62.0 Å². The van der Waals surface area contributed by atoms with E-state index in [1.807, 2.05) is 42.7 Å². The fourth-order valence-electron chi connectivity index (χ4n) is 4.39. The molecule has 5 heteroatoms. The zero-order valence-electron chi connectivity index (χ0n) is 20.8. The van der Waals surface area contributed by atoms with E-state index in [0.29, 0.717) is 6.61 Å². The third-order valence-electron chi connectivity index (χ3n) is 6.58. The summed E-state index contributed by atoms with van der Waals surface area (Å²) in [6.07, 6.45) is 8.09. The van der Waals surface area contributed by atoms with E-state index in [1.54, 1.807) is 17.7 Å². The Kier molecular flexibility index (Phi) is 8.68. The minimum atomic E-state index is 0.00284. The molecule has 5 nitrogen and oxygen atoms in total. The van der Waals surface area contributed by atoms with E-state index in [9.17, 15) is 4.79 Å². The summed E-state index contributed by atoms with van der Waals surface area (Å²) in [6.45, 7) is 5.96. The molecule has 4 aromatic rings. The Morgan fingerprint density at radius 1 is 0.943 bits per heavy atom. The molecule has 0 amide bonds. The molecule has 0 unspecified atom stereocenters. The van der Waals surface area contributed by atoms with Crippen LogP contribution in [0.2, 0.25) is 0 Å². The fourth-order valence-corrected chi connectivity index (χ4v) is 4.39. The lowest BCUT2D eigenvalue weighted by molar-refractivity contribution is 0.253. The maximum absolute atomic E-state index is 11.8. The van der Waals surface area contributed by atoms with Crippen molar-refractivity contribution in [2.75, 3.05) is 19.7 Å². The normalized spacial score (nSPS) is 11.3. The molecule has 35 heavy (non-hydrogen) atoms. The Morgan fingerprint density at radius 3 is 2.66 bits per heavy atom. The zero-order chi connectivity index (χ0) is 24.5. The molecule has 0 aliphatic rings. The van der Waals surface area contributed by atoms with Gasteiger partial charge >= 0.3 is 0 Å². The number of ether oxygens (including phenoxy) is 1. The number of nitrogens with zero attached hydrogens (tertiary/aromatic N) is 3. The SMILES string of the molecule is Cc1ccccc1CN(CCCCCOc1ccc2c(ccc(=O)n2C)c1)CCc1cccnc1. The van der Waals surface area contributed by atoms with Gasteiger partial charge in [0.2, 0.25) is 0 Å². The maximum atomic E-state index is 11.8. The van der Waals surface area contributed by atoms with Gasteiger partial charge in [-0.25, -0.2) is 0 Å². The monoisotopic (exact) mass is 469 g/mol. The molecule has 2 heterocycles. The topological polar surface area (TPSA) is 47.4 Å². The van der Waals surface area contributed by atoms with Gasteiger partial charge < -0.3 is 9.30 Å². The third-order valence-corrected chi connectivity index (χ3v) is 6.58. The van der Waals surface area contributed by atoms with Crippen molar-refractivity contribution >= 4 is 10.9 Å². The highest BCUT2D eigenvalue weighted by Gasteiger charge is 2.09. The first-order valence-corrected chi connectivity index (χ1v) is 12.5. The van der Waals surface area contributed by atoms with Gasteiger partial charge in [-0.3, -0.25) is 14.7 Å². The predicted molar refractivity (Wildman–Crippen MR) is 143 cm³/mol. The molecule has 0 saturated heterocycles. The maximum Gasteiger partial charge on any atom is 0.250 e. The second kappa shape index (κ2) is 12.3. The number of hydrogen-bond acceptors (Lipinski definition) is 4. The highest BCUT2D eigenvalue weighted by atomic mass is 16.5. The molecule has 0 spiro atoms. The fraction of sp³-hybridized carbons (Fsp3) is 0.333. The highest BCUT2D eigenvalue weighted by Crippen LogP contribution is 2.20. The molecule has 0 fully saturated rings. The van der Waals surface area contributed by atoms with E-state index >= 15 is 0 Å². The van der Waals surface area contributed by atoms with E-state index in [2.05, 4.69) is 47.1 Å². The molecule has 0 atom stereocenters. The van der Waals surface area contributed by atoms with Crippen LogP contribution in [-0.4, -0.2) is 34.1 Å². The van der Waals surface area contributed by atoms with Crippen LogP contribution in [0.25, 0.3) is 10.9 Å². The van der Waals surface area contributed by atoms with Gasteiger partial charge in [0.05, 0.1) is 12.1 Å². The number of fused-ring (bicyclic) bond motifs is 1. The average molecular weight is 470 g/mol. The second-order valence-corrected chi connectivity index (χ2v) is 9.17. The van der Waals surface area contributed by atoms with Crippen LogP contribution < -0.4 is 10.3 Å². The summed E-state index contributed by atoms with van der Waals surface area (Å²) in [4.78, 5) is 18.6. The van der Waals surface area contributed by atoms with Gasteiger partial charge in [-0.1, -0.05) is 30.3 Å². The van der Waals surface area contributed by atoms with Gasteiger partial charge in [-0.15, -0.1) is 0 Å². The van der Waals surface area contributed by atoms with Crippen LogP contribution in [0.5, 0.6) is 5.75 Å². The summed E-state index contributed by atoms with van der Waals surface area (Å²) in [5, 5.41) is 1.02. The van der Waals surface area contributed by atoms with Gasteiger partial charge in [0.15, 0.2) is 0 Å². The van der Waals surface area contributed by atoms with Gasteiger partial charge in [-0.2, -0.15) is 0 Å². The van der Waals surface area contributed by atoms with Crippen molar-refractivity contribution in [1.29, 1.82) is 0 Å². The van der Waals surface area contributed by atoms with E-state index in [-0.39, 0.29) is 5.56 Å². The Hall–Kier alpha value is -3.44. The lowest BCUT2D eigenvalue weighted by atomic mass is 10.1. The van der Waals surface area contributed by atoms with Crippen LogP contribution >= 0.6 is 0 Å². The summed E-state index contributed by atoms with van der Waals surface area (Å²) in [5.74, 6) is 0.855. The minimum absolute atomic E-state index is 0.00284. The first kappa shape index (κ1) is 24.7. The van der Waals surface area contributed by atoms with Crippen LogP contribution in [0.1, 0.15) is 36.0 Å². The summed E-state index contributed by atoms with van der Waals surface area (Å²) in [7, 11) is 1.80. The van der Waals surface area contributed by atoms with Crippen molar-refractivity contribution in [3.8, 4) is 5.75 Å². The molecule has 2 aromatic heterocycles. The minimum Gasteiger partial charge on any atom is -0.494 e. The summed E-state index contributed by atoms with van der Waals surface area (Å²) >= 11 is 0. The van der Waals surface area contributed by atoms with Crippen LogP contribution in [0.3, 0.4) is 0 Å². The number of pyridine rings is 2. The molecule has 2 aromatic carbocycles. The first-order chi connectivity index (χ1) is 17.1. The lowest BCUT2D eigenvalue weighted by Gasteiger charge is -2.23. The van der Waals surface area contributed by atoms with E-state index in [4.69, 9.17) is 4.74 Å². The molecule has 182 valence electrons. The van der Waals surface area contributed by atoms with Gasteiger partial charge in [-0.05, 0) is 86.2 Å². The number of benzene rings is 2. The average Bonchev–Trinajstić information content (AvgIpc) is 2.88. The van der Waals surface area contributed by atoms with E-state index in [1.165, 1.54) is 16.7 Å². The van der Waals surface area contributed by atoms with Gasteiger partial charge in [0, 0.05) is 44.0 Å². The quantitative estimate of drug-likeness (QED) is 0.256. The smallest absolute Gasteiger partial charge is 0.250 e. The van der Waals surface area contributed by atoms with Crippen molar-refractivity contribution in [3.63, 3.8) is 0 Å². The highest BCUT2D eigenvalue weighted by molar-refractivity contribution is 5.80. The van der Waals surface area contributed by atoms with Crippen LogP contribution in [0, 0.1) is 6.92 Å². The van der Waals surface area contributed by atoms with Crippen molar-refractivity contribution in [3.05, 3.63) is 106 Å². The molecule has 0 bridgehead atoms. The van der Waals surface area contributed by atoms with Crippen LogP contribution in [0.4, 0.5) is 0 Å². The Morgan fingerprint density at radius 2 is 1.83 bits per heavy atom. The molecular weight excluding hydrogens is 434 g/mol. The van der Waals surface area contributed by atoms with Crippen molar-refractivity contribution in [2.24, 2.45) is 7.05 Å². The van der Waals surface area contributed by atoms with Crippen LogP contribution in [-0.2, 0) is 20.0 Å². The number of hydrogen-bond donors (Lipinski definition) is 0. The standard InChI is InChI=1S/C30H35N3O2/c1-24-9-4-5-11-27(24)23-33(19-16-25-10-8-17-31-22-25)18-6-3-7-20-35-28-13-14-29-26(21-28)12-15-30(34)32(29)2/h4-5,8-15,17,21-22H,3,6-7,16,18-20,23H2,1-2H3. The number of unbranched alkanes of at least 4 members (excludes halogenated alkanes) is 2. The van der Waals surface area contributed by atoms with Gasteiger partial charge in [0.25, 0.3) is 5.56 Å². The van der Waals surface area contributed by atoms with Crippen molar-refractivity contribution in [1.82, 2.24) is 14.5 Å². The van der Waals surface area contributed by atoms with Crippen LogP contribution in [0.15, 0.2) is 83.9 Å². The summed E-state index contributed by atoms with van der Waals surface area (Å²) < 4.78 is 7.66. The summed E-state index contributed by atoms with van der Waals surface area (Å²) in [5.41, 5.74) is 4.96. The zero-order valence-corrected chi connectivity index (χ0v) is 20.8. The molecule has 0 saturated carbocycles. The largest absolute Gasteiger partial charge is 0.494 e. The Bertz CT molecular complexity index is 1280. The van der Waals surface area contributed by atoms with Gasteiger partial charge in [0.1, 0.15) is 5.75 Å². The predicted octanol–water partition coefficient (Wildman–Crippen LogP) is 5.54. The number of aryl methyl sites for hydroxylation is 2. The van der Waals surface area contributed by atoms with Crippen molar-refractivity contribution in [2.45, 2.75) is 39.2 Å². The first-order valence-electron chi connectivity index (χ1n) is 12.5. The molecular formula is C30H35N3O2. The Balaban J connectivity index is 1.25.